The number of aromatic carboxylic acids is 1. The number of carbonyl (C=O) groups is 1. The Morgan fingerprint density at radius 1 is 1.20 bits per heavy atom. The van der Waals surface area contributed by atoms with Crippen molar-refractivity contribution in [2.45, 2.75) is 6.61 Å². The van der Waals surface area contributed by atoms with Crippen molar-refractivity contribution in [3.05, 3.63) is 63.4 Å². The predicted molar refractivity (Wildman–Crippen MR) is 74.2 cm³/mol. The summed E-state index contributed by atoms with van der Waals surface area (Å²) in [4.78, 5) is 10.7. The zero-order valence-corrected chi connectivity index (χ0v) is 11.6. The fraction of sp³-hybridized carbons (Fsp3) is 0.0714. The van der Waals surface area contributed by atoms with E-state index in [9.17, 15) is 9.18 Å². The van der Waals surface area contributed by atoms with Gasteiger partial charge in [-0.25, -0.2) is 9.18 Å². The van der Waals surface area contributed by atoms with Crippen molar-refractivity contribution in [3.63, 3.8) is 0 Å². The highest BCUT2D eigenvalue weighted by molar-refractivity contribution is 6.37. The van der Waals surface area contributed by atoms with Crippen molar-refractivity contribution in [3.8, 4) is 5.75 Å². The lowest BCUT2D eigenvalue weighted by atomic mass is 10.1. The van der Waals surface area contributed by atoms with E-state index in [0.29, 0.717) is 21.4 Å². The van der Waals surface area contributed by atoms with Gasteiger partial charge in [0.1, 0.15) is 12.4 Å². The van der Waals surface area contributed by atoms with E-state index in [4.69, 9.17) is 33.0 Å². The minimum absolute atomic E-state index is 0.0280. The van der Waals surface area contributed by atoms with E-state index in [-0.39, 0.29) is 12.2 Å². The van der Waals surface area contributed by atoms with Gasteiger partial charge in [0.15, 0.2) is 5.75 Å². The number of benzene rings is 2. The number of hydrogen-bond acceptors (Lipinski definition) is 2. The maximum Gasteiger partial charge on any atom is 0.338 e. The number of carboxylic acids is 1. The van der Waals surface area contributed by atoms with Gasteiger partial charge in [0.2, 0.25) is 0 Å². The lowest BCUT2D eigenvalue weighted by Gasteiger charge is -2.10. The summed E-state index contributed by atoms with van der Waals surface area (Å²) in [6, 6.07) is 8.68. The Bertz CT molecular complexity index is 639. The van der Waals surface area contributed by atoms with Gasteiger partial charge in [-0.2, -0.15) is 0 Å². The van der Waals surface area contributed by atoms with E-state index in [1.807, 2.05) is 0 Å². The van der Waals surface area contributed by atoms with Gasteiger partial charge in [-0.15, -0.1) is 0 Å². The van der Waals surface area contributed by atoms with Crippen molar-refractivity contribution in [1.82, 2.24) is 0 Å². The van der Waals surface area contributed by atoms with Gasteiger partial charge in [-0.1, -0.05) is 35.3 Å². The molecule has 2 rings (SSSR count). The molecule has 0 saturated heterocycles. The zero-order valence-electron chi connectivity index (χ0n) is 10.1. The molecule has 0 unspecified atom stereocenters. The molecule has 3 nitrogen and oxygen atoms in total. The Morgan fingerprint density at radius 2 is 1.85 bits per heavy atom. The molecule has 0 saturated carbocycles. The molecule has 0 aliphatic heterocycles. The lowest BCUT2D eigenvalue weighted by molar-refractivity contribution is 0.0692. The van der Waals surface area contributed by atoms with Crippen LogP contribution in [0.25, 0.3) is 0 Å². The Hall–Kier alpha value is -1.78. The lowest BCUT2D eigenvalue weighted by Crippen LogP contribution is -2.03. The number of rotatable bonds is 4. The fourth-order valence-electron chi connectivity index (χ4n) is 1.60. The number of ether oxygens (including phenoxy) is 1. The van der Waals surface area contributed by atoms with Gasteiger partial charge in [0.25, 0.3) is 0 Å². The average Bonchev–Trinajstić information content (AvgIpc) is 2.37. The normalized spacial score (nSPS) is 10.3. The average molecular weight is 315 g/mol. The molecule has 104 valence electrons. The molecule has 20 heavy (non-hydrogen) atoms. The van der Waals surface area contributed by atoms with Crippen LogP contribution in [0.1, 0.15) is 15.9 Å². The smallest absolute Gasteiger partial charge is 0.338 e. The first-order valence-electron chi connectivity index (χ1n) is 5.57. The third-order valence-corrected chi connectivity index (χ3v) is 3.16. The monoisotopic (exact) mass is 314 g/mol. The minimum Gasteiger partial charge on any atom is -0.486 e. The first-order valence-corrected chi connectivity index (χ1v) is 6.33. The molecule has 0 fully saturated rings. The molecule has 0 radical (unpaired) electrons. The van der Waals surface area contributed by atoms with Crippen LogP contribution in [-0.2, 0) is 6.61 Å². The topological polar surface area (TPSA) is 46.5 Å². The van der Waals surface area contributed by atoms with Crippen LogP contribution in [0.15, 0.2) is 36.4 Å². The van der Waals surface area contributed by atoms with Crippen LogP contribution in [0.4, 0.5) is 4.39 Å². The summed E-state index contributed by atoms with van der Waals surface area (Å²) < 4.78 is 18.9. The van der Waals surface area contributed by atoms with E-state index in [1.165, 1.54) is 12.1 Å². The molecule has 0 bridgehead atoms. The summed E-state index contributed by atoms with van der Waals surface area (Å²) in [5.74, 6) is -1.83. The van der Waals surface area contributed by atoms with E-state index in [1.54, 1.807) is 18.2 Å². The summed E-state index contributed by atoms with van der Waals surface area (Å²) in [5.41, 5.74) is 0.0908. The maximum absolute atomic E-state index is 13.5. The van der Waals surface area contributed by atoms with Crippen molar-refractivity contribution in [2.24, 2.45) is 0 Å². The molecule has 0 aliphatic carbocycles. The van der Waals surface area contributed by atoms with Crippen LogP contribution in [0.2, 0.25) is 10.0 Å². The van der Waals surface area contributed by atoms with Crippen molar-refractivity contribution in [1.29, 1.82) is 0 Å². The van der Waals surface area contributed by atoms with Gasteiger partial charge < -0.3 is 9.84 Å². The van der Waals surface area contributed by atoms with Crippen LogP contribution < -0.4 is 4.74 Å². The van der Waals surface area contributed by atoms with E-state index >= 15 is 0 Å². The third kappa shape index (κ3) is 3.21. The molecule has 0 aromatic heterocycles. The van der Waals surface area contributed by atoms with Crippen LogP contribution in [0.5, 0.6) is 5.75 Å². The van der Waals surface area contributed by atoms with Crippen LogP contribution in [0, 0.1) is 5.82 Å². The van der Waals surface area contributed by atoms with Crippen molar-refractivity contribution in [2.75, 3.05) is 0 Å². The standard InChI is InChI=1S/C14H9Cl2FO3/c15-10-2-1-3-11(16)13(10)20-7-8-4-5-9(14(18)19)12(17)6-8/h1-6H,7H2,(H,18,19). The van der Waals surface area contributed by atoms with Crippen molar-refractivity contribution < 1.29 is 19.0 Å². The Balaban J connectivity index is 2.16. The quantitative estimate of drug-likeness (QED) is 0.909. The second-order valence-electron chi connectivity index (χ2n) is 3.96. The molecule has 0 amide bonds. The van der Waals surface area contributed by atoms with E-state index in [0.717, 1.165) is 6.07 Å². The van der Waals surface area contributed by atoms with E-state index in [2.05, 4.69) is 0 Å². The molecular formula is C14H9Cl2FO3. The number of para-hydroxylation sites is 1. The summed E-state index contributed by atoms with van der Waals surface area (Å²) in [5, 5.41) is 9.43. The number of halogens is 3. The molecule has 2 aromatic carbocycles. The summed E-state index contributed by atoms with van der Waals surface area (Å²) in [6.45, 7) is 0.0280. The molecule has 0 atom stereocenters. The molecule has 2 aromatic rings. The molecule has 0 aliphatic rings. The first kappa shape index (κ1) is 14.6. The highest BCUT2D eigenvalue weighted by atomic mass is 35.5. The summed E-state index contributed by atoms with van der Waals surface area (Å²) >= 11 is 11.9. The molecule has 0 heterocycles. The minimum atomic E-state index is -1.32. The second kappa shape index (κ2) is 6.11. The number of carboxylic acid groups (broad SMARTS) is 1. The van der Waals surface area contributed by atoms with Gasteiger partial charge in [0.05, 0.1) is 15.6 Å². The van der Waals surface area contributed by atoms with Gasteiger partial charge >= 0.3 is 5.97 Å². The highest BCUT2D eigenvalue weighted by Gasteiger charge is 2.11. The van der Waals surface area contributed by atoms with E-state index < -0.39 is 11.8 Å². The third-order valence-electron chi connectivity index (χ3n) is 2.57. The maximum atomic E-state index is 13.5. The van der Waals surface area contributed by atoms with Gasteiger partial charge in [-0.3, -0.25) is 0 Å². The largest absolute Gasteiger partial charge is 0.486 e. The number of hydrogen-bond donors (Lipinski definition) is 1. The Morgan fingerprint density at radius 3 is 2.40 bits per heavy atom. The second-order valence-corrected chi connectivity index (χ2v) is 4.77. The SMILES string of the molecule is O=C(O)c1ccc(COc2c(Cl)cccc2Cl)cc1F. The first-order chi connectivity index (χ1) is 9.49. The fourth-order valence-corrected chi connectivity index (χ4v) is 2.10. The molecular weight excluding hydrogens is 306 g/mol. The predicted octanol–water partition coefficient (Wildman–Crippen LogP) is 4.41. The van der Waals surface area contributed by atoms with Crippen LogP contribution >= 0.6 is 23.2 Å². The van der Waals surface area contributed by atoms with Crippen LogP contribution in [0.3, 0.4) is 0 Å². The highest BCUT2D eigenvalue weighted by Crippen LogP contribution is 2.32. The molecule has 6 heteroatoms. The zero-order chi connectivity index (χ0) is 14.7. The van der Waals surface area contributed by atoms with Crippen molar-refractivity contribution >= 4 is 29.2 Å². The van der Waals surface area contributed by atoms with Gasteiger partial charge in [-0.05, 0) is 29.8 Å². The summed E-state index contributed by atoms with van der Waals surface area (Å²) in [7, 11) is 0. The van der Waals surface area contributed by atoms with Gasteiger partial charge in [0, 0.05) is 0 Å². The molecule has 1 N–H and O–H groups in total. The Kier molecular flexibility index (Phi) is 4.47. The molecule has 0 spiro atoms. The Labute approximate surface area is 124 Å². The van der Waals surface area contributed by atoms with Crippen LogP contribution in [-0.4, -0.2) is 11.1 Å². The summed E-state index contributed by atoms with van der Waals surface area (Å²) in [6.07, 6.45) is 0.